The van der Waals surface area contributed by atoms with E-state index in [1.807, 2.05) is 19.1 Å². The van der Waals surface area contributed by atoms with Crippen LogP contribution in [0.4, 0.5) is 0 Å². The summed E-state index contributed by atoms with van der Waals surface area (Å²) in [4.78, 5) is 10.6. The van der Waals surface area contributed by atoms with E-state index in [1.54, 1.807) is 13.0 Å². The van der Waals surface area contributed by atoms with Crippen LogP contribution in [-0.2, 0) is 0 Å². The predicted molar refractivity (Wildman–Crippen MR) is 85.5 cm³/mol. The van der Waals surface area contributed by atoms with Crippen LogP contribution in [0.1, 0.15) is 40.0 Å². The van der Waals surface area contributed by atoms with Crippen LogP contribution >= 0.6 is 0 Å². The quantitative estimate of drug-likeness (QED) is 0.798. The molecule has 0 fully saturated rings. The zero-order valence-electron chi connectivity index (χ0n) is 11.9. The van der Waals surface area contributed by atoms with E-state index in [-0.39, 0.29) is 7.43 Å². The van der Waals surface area contributed by atoms with Crippen LogP contribution in [0.25, 0.3) is 0 Å². The van der Waals surface area contributed by atoms with Crippen molar-refractivity contribution >= 4 is 5.97 Å². The number of hydrogen-bond donors (Lipinski definition) is 1. The number of aromatic carboxylic acids is 1. The predicted octanol–water partition coefficient (Wildman–Crippen LogP) is 4.94. The Hall–Kier alpha value is -2.09. The van der Waals surface area contributed by atoms with Gasteiger partial charge in [-0.15, -0.1) is 0 Å². The van der Waals surface area contributed by atoms with Gasteiger partial charge in [0.1, 0.15) is 0 Å². The van der Waals surface area contributed by atoms with Crippen molar-refractivity contribution in [1.82, 2.24) is 0 Å². The fourth-order valence-electron chi connectivity index (χ4n) is 1.60. The first-order chi connectivity index (χ1) is 8.90. The molecule has 0 unspecified atom stereocenters. The smallest absolute Gasteiger partial charge is 0.335 e. The average Bonchev–Trinajstić information content (AvgIpc) is 2.36. The molecular weight excluding hydrogens is 248 g/mol. The van der Waals surface area contributed by atoms with Crippen molar-refractivity contribution in [3.05, 3.63) is 70.3 Å². The molecule has 0 heterocycles. The van der Waals surface area contributed by atoms with E-state index in [4.69, 9.17) is 5.11 Å². The Morgan fingerprint density at radius 2 is 1.20 bits per heavy atom. The van der Waals surface area contributed by atoms with Crippen LogP contribution in [-0.4, -0.2) is 11.1 Å². The molecule has 20 heavy (non-hydrogen) atoms. The summed E-state index contributed by atoms with van der Waals surface area (Å²) in [5.41, 5.74) is 4.84. The molecule has 2 aromatic rings. The molecule has 0 saturated carbocycles. The molecule has 0 spiro atoms. The zero-order chi connectivity index (χ0) is 14.4. The number of carbonyl (C=O) groups is 1. The van der Waals surface area contributed by atoms with Crippen molar-refractivity contribution < 1.29 is 9.90 Å². The molecule has 0 aromatic heterocycles. The van der Waals surface area contributed by atoms with Crippen LogP contribution in [0.2, 0.25) is 0 Å². The second kappa shape index (κ2) is 8.16. The fourth-order valence-corrected chi connectivity index (χ4v) is 1.60. The van der Waals surface area contributed by atoms with Crippen molar-refractivity contribution in [2.75, 3.05) is 0 Å². The lowest BCUT2D eigenvalue weighted by atomic mass is 10.1. The van der Waals surface area contributed by atoms with Gasteiger partial charge in [-0.2, -0.15) is 0 Å². The normalized spacial score (nSPS) is 9.00. The van der Waals surface area contributed by atoms with E-state index in [0.717, 1.165) is 11.1 Å². The summed E-state index contributed by atoms with van der Waals surface area (Å²) in [6.45, 7) is 7.87. The molecule has 0 amide bonds. The van der Waals surface area contributed by atoms with Gasteiger partial charge in [0.05, 0.1) is 5.56 Å². The Kier molecular flexibility index (Phi) is 7.30. The molecule has 0 radical (unpaired) electrons. The van der Waals surface area contributed by atoms with E-state index in [2.05, 4.69) is 38.1 Å². The van der Waals surface area contributed by atoms with E-state index in [0.29, 0.717) is 5.56 Å². The molecule has 0 saturated heterocycles. The Morgan fingerprint density at radius 1 is 0.800 bits per heavy atom. The van der Waals surface area contributed by atoms with Crippen LogP contribution in [0, 0.1) is 27.7 Å². The highest BCUT2D eigenvalue weighted by molar-refractivity contribution is 5.89. The first-order valence-corrected chi connectivity index (χ1v) is 6.24. The lowest BCUT2D eigenvalue weighted by Crippen LogP contribution is -1.99. The van der Waals surface area contributed by atoms with Gasteiger partial charge in [0, 0.05) is 0 Å². The Morgan fingerprint density at radius 3 is 1.55 bits per heavy atom. The maximum absolute atomic E-state index is 10.6. The Labute approximate surface area is 122 Å². The van der Waals surface area contributed by atoms with E-state index in [1.165, 1.54) is 11.1 Å². The molecule has 108 valence electrons. The van der Waals surface area contributed by atoms with Gasteiger partial charge in [-0.3, -0.25) is 0 Å². The molecule has 2 rings (SSSR count). The van der Waals surface area contributed by atoms with E-state index >= 15 is 0 Å². The standard InChI is InChI=1S/C9H10O2.C8H10.CH4/c1-6-3-4-7(2)8(5-6)9(10)11;1-7-3-5-8(2)6-4-7;/h3-5H,1-2H3,(H,10,11);3-6H,1-2H3;1H4. The van der Waals surface area contributed by atoms with Crippen molar-refractivity contribution in [2.45, 2.75) is 35.1 Å². The highest BCUT2D eigenvalue weighted by Gasteiger charge is 2.05. The zero-order valence-corrected chi connectivity index (χ0v) is 11.9. The van der Waals surface area contributed by atoms with Crippen molar-refractivity contribution in [2.24, 2.45) is 0 Å². The Balaban J connectivity index is 0.000000359. The van der Waals surface area contributed by atoms with E-state index < -0.39 is 5.97 Å². The first kappa shape index (κ1) is 17.9. The monoisotopic (exact) mass is 272 g/mol. The topological polar surface area (TPSA) is 37.3 Å². The SMILES string of the molecule is C.Cc1ccc(C)c(C(=O)O)c1.Cc1ccc(C)cc1. The van der Waals surface area contributed by atoms with Crippen LogP contribution in [0.3, 0.4) is 0 Å². The summed E-state index contributed by atoms with van der Waals surface area (Å²) in [5, 5.41) is 8.69. The number of hydrogen-bond acceptors (Lipinski definition) is 1. The minimum absolute atomic E-state index is 0. The minimum Gasteiger partial charge on any atom is -0.478 e. The lowest BCUT2D eigenvalue weighted by Gasteiger charge is -2.00. The van der Waals surface area contributed by atoms with Gasteiger partial charge in [-0.1, -0.05) is 60.5 Å². The molecule has 2 heteroatoms. The minimum atomic E-state index is -0.855. The van der Waals surface area contributed by atoms with Gasteiger partial charge in [0.2, 0.25) is 0 Å². The average molecular weight is 272 g/mol. The number of carboxylic acid groups (broad SMARTS) is 1. The number of benzene rings is 2. The molecular formula is C18H24O2. The maximum atomic E-state index is 10.6. The third-order valence-electron chi connectivity index (χ3n) is 2.84. The number of rotatable bonds is 1. The lowest BCUT2D eigenvalue weighted by molar-refractivity contribution is 0.0696. The summed E-state index contributed by atoms with van der Waals surface area (Å²) in [6.07, 6.45) is 0. The molecule has 2 aromatic carbocycles. The second-order valence-electron chi connectivity index (χ2n) is 4.78. The summed E-state index contributed by atoms with van der Waals surface area (Å²) >= 11 is 0. The third kappa shape index (κ3) is 5.70. The van der Waals surface area contributed by atoms with Crippen molar-refractivity contribution in [3.8, 4) is 0 Å². The summed E-state index contributed by atoms with van der Waals surface area (Å²) in [5.74, 6) is -0.855. The molecule has 0 aliphatic carbocycles. The van der Waals surface area contributed by atoms with Crippen molar-refractivity contribution in [3.63, 3.8) is 0 Å². The summed E-state index contributed by atoms with van der Waals surface area (Å²) in [6, 6.07) is 13.9. The van der Waals surface area contributed by atoms with E-state index in [9.17, 15) is 4.79 Å². The third-order valence-corrected chi connectivity index (χ3v) is 2.84. The van der Waals surface area contributed by atoms with Gasteiger partial charge >= 0.3 is 5.97 Å². The number of aryl methyl sites for hydroxylation is 4. The van der Waals surface area contributed by atoms with Gasteiger partial charge in [-0.25, -0.2) is 4.79 Å². The highest BCUT2D eigenvalue weighted by Crippen LogP contribution is 2.09. The molecule has 0 aliphatic heterocycles. The van der Waals surface area contributed by atoms with Crippen LogP contribution < -0.4 is 0 Å². The second-order valence-corrected chi connectivity index (χ2v) is 4.78. The van der Waals surface area contributed by atoms with Crippen LogP contribution in [0.15, 0.2) is 42.5 Å². The number of carboxylic acids is 1. The Bertz CT molecular complexity index is 533. The van der Waals surface area contributed by atoms with Gasteiger partial charge < -0.3 is 5.11 Å². The van der Waals surface area contributed by atoms with Gasteiger partial charge in [0.15, 0.2) is 0 Å². The summed E-state index contributed by atoms with van der Waals surface area (Å²) in [7, 11) is 0. The largest absolute Gasteiger partial charge is 0.478 e. The van der Waals surface area contributed by atoms with Gasteiger partial charge in [0.25, 0.3) is 0 Å². The van der Waals surface area contributed by atoms with Crippen molar-refractivity contribution in [1.29, 1.82) is 0 Å². The molecule has 1 N–H and O–H groups in total. The molecule has 0 aliphatic rings. The van der Waals surface area contributed by atoms with Gasteiger partial charge in [-0.05, 0) is 39.3 Å². The molecule has 0 atom stereocenters. The first-order valence-electron chi connectivity index (χ1n) is 6.24. The molecule has 2 nitrogen and oxygen atoms in total. The van der Waals surface area contributed by atoms with Crippen LogP contribution in [0.5, 0.6) is 0 Å². The summed E-state index contributed by atoms with van der Waals surface area (Å²) < 4.78 is 0. The molecule has 0 bridgehead atoms. The highest BCUT2D eigenvalue weighted by atomic mass is 16.4. The fraction of sp³-hybridized carbons (Fsp3) is 0.278. The maximum Gasteiger partial charge on any atom is 0.335 e.